The van der Waals surface area contributed by atoms with Crippen LogP contribution in [0.15, 0.2) is 48.5 Å². The zero-order valence-electron chi connectivity index (χ0n) is 11.0. The second-order valence-corrected chi connectivity index (χ2v) is 4.70. The van der Waals surface area contributed by atoms with Crippen molar-refractivity contribution in [3.63, 3.8) is 0 Å². The average Bonchev–Trinajstić information content (AvgIpc) is 2.47. The minimum absolute atomic E-state index is 0.0798. The van der Waals surface area contributed by atoms with E-state index in [9.17, 15) is 4.79 Å². The molecule has 0 aliphatic rings. The number of rotatable bonds is 5. The smallest absolute Gasteiger partial charge is 0.328 e. The third-order valence-electron chi connectivity index (χ3n) is 2.69. The summed E-state index contributed by atoms with van der Waals surface area (Å²) in [5.41, 5.74) is 1.28. The molecule has 0 amide bonds. The standard InChI is InChI=1S/C16H13ClO4/c17-13-5-6-15(12(9-13)4-7-16(19)20)21-14-3-1-2-11(8-14)10-18/h1-9,18H,10H2,(H,19,20)/b7-4+. The largest absolute Gasteiger partial charge is 0.478 e. The van der Waals surface area contributed by atoms with Crippen LogP contribution in [0.4, 0.5) is 0 Å². The van der Waals surface area contributed by atoms with Gasteiger partial charge in [-0.05, 0) is 42.0 Å². The van der Waals surface area contributed by atoms with E-state index in [1.54, 1.807) is 42.5 Å². The highest BCUT2D eigenvalue weighted by Gasteiger charge is 2.05. The number of hydrogen-bond donors (Lipinski definition) is 2. The summed E-state index contributed by atoms with van der Waals surface area (Å²) in [6, 6.07) is 11.9. The molecule has 2 aromatic rings. The Balaban J connectivity index is 2.32. The zero-order valence-corrected chi connectivity index (χ0v) is 11.7. The summed E-state index contributed by atoms with van der Waals surface area (Å²) < 4.78 is 5.73. The first-order chi connectivity index (χ1) is 10.1. The molecule has 0 aromatic heterocycles. The molecule has 0 fully saturated rings. The van der Waals surface area contributed by atoms with Crippen molar-refractivity contribution in [2.45, 2.75) is 6.61 Å². The number of aliphatic carboxylic acids is 1. The number of hydrogen-bond acceptors (Lipinski definition) is 3. The van der Waals surface area contributed by atoms with E-state index in [2.05, 4.69) is 0 Å². The molecule has 0 radical (unpaired) electrons. The number of halogens is 1. The minimum Gasteiger partial charge on any atom is -0.478 e. The summed E-state index contributed by atoms with van der Waals surface area (Å²) in [6.07, 6.45) is 2.43. The van der Waals surface area contributed by atoms with Gasteiger partial charge in [-0.15, -0.1) is 0 Å². The van der Waals surface area contributed by atoms with Gasteiger partial charge in [-0.3, -0.25) is 0 Å². The summed E-state index contributed by atoms with van der Waals surface area (Å²) >= 11 is 5.91. The number of carboxylic acid groups (broad SMARTS) is 1. The van der Waals surface area contributed by atoms with E-state index in [1.807, 2.05) is 0 Å². The molecule has 0 spiro atoms. The number of aliphatic hydroxyl groups is 1. The fraction of sp³-hybridized carbons (Fsp3) is 0.0625. The molecule has 4 nitrogen and oxygen atoms in total. The van der Waals surface area contributed by atoms with Gasteiger partial charge in [0.25, 0.3) is 0 Å². The first-order valence-electron chi connectivity index (χ1n) is 6.16. The molecule has 0 saturated carbocycles. The fourth-order valence-corrected chi connectivity index (χ4v) is 1.92. The molecule has 2 rings (SSSR count). The first-order valence-corrected chi connectivity index (χ1v) is 6.54. The van der Waals surface area contributed by atoms with E-state index in [0.717, 1.165) is 11.6 Å². The van der Waals surface area contributed by atoms with Gasteiger partial charge in [0.05, 0.1) is 6.61 Å². The highest BCUT2D eigenvalue weighted by Crippen LogP contribution is 2.29. The Labute approximate surface area is 126 Å². The quantitative estimate of drug-likeness (QED) is 0.826. The third-order valence-corrected chi connectivity index (χ3v) is 2.92. The van der Waals surface area contributed by atoms with Crippen LogP contribution in [0.3, 0.4) is 0 Å². The molecule has 0 aliphatic heterocycles. The Kier molecular flexibility index (Phi) is 4.98. The van der Waals surface area contributed by atoms with Gasteiger partial charge in [-0.1, -0.05) is 23.7 Å². The molecule has 0 bridgehead atoms. The number of carboxylic acids is 1. The van der Waals surface area contributed by atoms with Crippen molar-refractivity contribution < 1.29 is 19.7 Å². The van der Waals surface area contributed by atoms with E-state index in [1.165, 1.54) is 6.08 Å². The van der Waals surface area contributed by atoms with E-state index >= 15 is 0 Å². The van der Waals surface area contributed by atoms with Crippen LogP contribution in [0.25, 0.3) is 6.08 Å². The van der Waals surface area contributed by atoms with E-state index < -0.39 is 5.97 Å². The first kappa shape index (κ1) is 15.1. The maximum absolute atomic E-state index is 10.6. The van der Waals surface area contributed by atoms with Crippen molar-refractivity contribution in [1.29, 1.82) is 0 Å². The van der Waals surface area contributed by atoms with Gasteiger partial charge >= 0.3 is 5.97 Å². The highest BCUT2D eigenvalue weighted by molar-refractivity contribution is 6.30. The lowest BCUT2D eigenvalue weighted by atomic mass is 10.2. The second kappa shape index (κ2) is 6.92. The zero-order chi connectivity index (χ0) is 15.2. The van der Waals surface area contributed by atoms with Crippen LogP contribution < -0.4 is 4.74 Å². The molecule has 0 atom stereocenters. The molecule has 2 aromatic carbocycles. The predicted octanol–water partition coefficient (Wildman–Crippen LogP) is 3.72. The van der Waals surface area contributed by atoms with Crippen LogP contribution in [0.1, 0.15) is 11.1 Å². The Morgan fingerprint density at radius 2 is 2.05 bits per heavy atom. The molecule has 0 unspecified atom stereocenters. The maximum Gasteiger partial charge on any atom is 0.328 e. The Hall–Kier alpha value is -2.30. The number of benzene rings is 2. The van der Waals surface area contributed by atoms with Gasteiger partial charge in [0.1, 0.15) is 11.5 Å². The van der Waals surface area contributed by atoms with Crippen LogP contribution in [0.5, 0.6) is 11.5 Å². The van der Waals surface area contributed by atoms with Crippen molar-refractivity contribution in [2.75, 3.05) is 0 Å². The predicted molar refractivity (Wildman–Crippen MR) is 80.6 cm³/mol. The normalized spacial score (nSPS) is 10.8. The molecule has 21 heavy (non-hydrogen) atoms. The van der Waals surface area contributed by atoms with Gasteiger partial charge in [-0.25, -0.2) is 4.79 Å². The summed E-state index contributed by atoms with van der Waals surface area (Å²) in [5, 5.41) is 18.3. The molecule has 5 heteroatoms. The SMILES string of the molecule is O=C(O)/C=C/c1cc(Cl)ccc1Oc1cccc(CO)c1. The maximum atomic E-state index is 10.6. The van der Waals surface area contributed by atoms with Crippen LogP contribution in [0.2, 0.25) is 5.02 Å². The molecule has 2 N–H and O–H groups in total. The Morgan fingerprint density at radius 3 is 2.76 bits per heavy atom. The van der Waals surface area contributed by atoms with Gasteiger partial charge < -0.3 is 14.9 Å². The van der Waals surface area contributed by atoms with Gasteiger partial charge in [-0.2, -0.15) is 0 Å². The van der Waals surface area contributed by atoms with E-state index in [0.29, 0.717) is 22.1 Å². The van der Waals surface area contributed by atoms with Crippen molar-refractivity contribution in [1.82, 2.24) is 0 Å². The summed E-state index contributed by atoms with van der Waals surface area (Å²) in [5.74, 6) is -0.0240. The van der Waals surface area contributed by atoms with E-state index in [-0.39, 0.29) is 6.61 Å². The lowest BCUT2D eigenvalue weighted by Crippen LogP contribution is -1.91. The van der Waals surface area contributed by atoms with Crippen molar-refractivity contribution in [3.8, 4) is 11.5 Å². The molecule has 0 aliphatic carbocycles. The summed E-state index contributed by atoms with van der Waals surface area (Å²) in [6.45, 7) is -0.0798. The molecule has 108 valence electrons. The Morgan fingerprint density at radius 1 is 1.24 bits per heavy atom. The van der Waals surface area contributed by atoms with Crippen LogP contribution in [-0.4, -0.2) is 16.2 Å². The van der Waals surface area contributed by atoms with Gasteiger partial charge in [0, 0.05) is 16.7 Å². The third kappa shape index (κ3) is 4.34. The Bertz CT molecular complexity index is 680. The van der Waals surface area contributed by atoms with Crippen LogP contribution >= 0.6 is 11.6 Å². The topological polar surface area (TPSA) is 66.8 Å². The molecular formula is C16H13ClO4. The van der Waals surface area contributed by atoms with Crippen LogP contribution in [-0.2, 0) is 11.4 Å². The van der Waals surface area contributed by atoms with E-state index in [4.69, 9.17) is 26.6 Å². The van der Waals surface area contributed by atoms with Crippen molar-refractivity contribution in [2.24, 2.45) is 0 Å². The monoisotopic (exact) mass is 304 g/mol. The molecule has 0 saturated heterocycles. The van der Waals surface area contributed by atoms with Gasteiger partial charge in [0.15, 0.2) is 0 Å². The van der Waals surface area contributed by atoms with Crippen molar-refractivity contribution in [3.05, 3.63) is 64.7 Å². The number of ether oxygens (including phenoxy) is 1. The van der Waals surface area contributed by atoms with Gasteiger partial charge in [0.2, 0.25) is 0 Å². The average molecular weight is 305 g/mol. The van der Waals surface area contributed by atoms with Crippen LogP contribution in [0, 0.1) is 0 Å². The fourth-order valence-electron chi connectivity index (χ4n) is 1.74. The minimum atomic E-state index is -1.05. The number of carbonyl (C=O) groups is 1. The van der Waals surface area contributed by atoms with Crippen molar-refractivity contribution >= 4 is 23.6 Å². The summed E-state index contributed by atoms with van der Waals surface area (Å²) in [7, 11) is 0. The number of aliphatic hydroxyl groups excluding tert-OH is 1. The lowest BCUT2D eigenvalue weighted by Gasteiger charge is -2.10. The second-order valence-electron chi connectivity index (χ2n) is 4.26. The molecule has 0 heterocycles. The summed E-state index contributed by atoms with van der Waals surface area (Å²) in [4.78, 5) is 10.6. The highest BCUT2D eigenvalue weighted by atomic mass is 35.5. The molecular weight excluding hydrogens is 292 g/mol. The lowest BCUT2D eigenvalue weighted by molar-refractivity contribution is -0.131.